The minimum absolute atomic E-state index is 0.520. The topological polar surface area (TPSA) is 0 Å². The molecule has 2 aromatic carbocycles. The van der Waals surface area contributed by atoms with Gasteiger partial charge in [-0.15, -0.1) is 0 Å². The molecule has 0 bridgehead atoms. The predicted molar refractivity (Wildman–Crippen MR) is 145 cm³/mol. The molecule has 0 unspecified atom stereocenters. The van der Waals surface area contributed by atoms with Crippen LogP contribution < -0.4 is 0 Å². The average molecular weight is 463 g/mol. The van der Waals surface area contributed by atoms with E-state index in [9.17, 15) is 0 Å². The summed E-state index contributed by atoms with van der Waals surface area (Å²) in [5.41, 5.74) is 5.36. The number of rotatable bonds is 11. The monoisotopic (exact) mass is 462 g/mol. The highest BCUT2D eigenvalue weighted by molar-refractivity contribution is 6.31. The molecule has 178 valence electrons. The number of hydrogen-bond donors (Lipinski definition) is 0. The number of aryl methyl sites for hydroxylation is 2. The van der Waals surface area contributed by atoms with Crippen molar-refractivity contribution in [3.8, 4) is 11.8 Å². The van der Waals surface area contributed by atoms with Crippen LogP contribution in [0.3, 0.4) is 0 Å². The number of halogens is 1. The van der Waals surface area contributed by atoms with E-state index in [-0.39, 0.29) is 0 Å². The van der Waals surface area contributed by atoms with Crippen molar-refractivity contribution in [3.63, 3.8) is 0 Å². The maximum Gasteiger partial charge on any atom is 0.0450 e. The normalized spacial score (nSPS) is 18.0. The molecule has 0 spiro atoms. The second-order valence-electron chi connectivity index (χ2n) is 9.99. The SMILES string of the molecule is CCCCCCc1ccc([C@H]2CC[C@H](C#Cc3ccc(CCCCCC)c(Cl)c3)CC2)cc1. The molecule has 0 amide bonds. The summed E-state index contributed by atoms with van der Waals surface area (Å²) in [6, 6.07) is 15.9. The zero-order valence-corrected chi connectivity index (χ0v) is 21.7. The zero-order chi connectivity index (χ0) is 23.3. The lowest BCUT2D eigenvalue weighted by Gasteiger charge is -2.26. The summed E-state index contributed by atoms with van der Waals surface area (Å²) in [6.45, 7) is 4.53. The molecule has 0 atom stereocenters. The van der Waals surface area contributed by atoms with Gasteiger partial charge in [-0.3, -0.25) is 0 Å². The van der Waals surface area contributed by atoms with Crippen LogP contribution in [0.4, 0.5) is 0 Å². The lowest BCUT2D eigenvalue weighted by atomic mass is 9.78. The fourth-order valence-electron chi connectivity index (χ4n) is 5.04. The van der Waals surface area contributed by atoms with Crippen molar-refractivity contribution < 1.29 is 0 Å². The molecule has 1 saturated carbocycles. The van der Waals surface area contributed by atoms with Crippen LogP contribution in [0.15, 0.2) is 42.5 Å². The lowest BCUT2D eigenvalue weighted by Crippen LogP contribution is -2.12. The van der Waals surface area contributed by atoms with E-state index in [4.69, 9.17) is 11.6 Å². The van der Waals surface area contributed by atoms with Crippen LogP contribution in [-0.4, -0.2) is 0 Å². The van der Waals surface area contributed by atoms with Gasteiger partial charge in [-0.1, -0.05) is 106 Å². The van der Waals surface area contributed by atoms with Gasteiger partial charge in [-0.2, -0.15) is 0 Å². The van der Waals surface area contributed by atoms with Crippen LogP contribution in [0.5, 0.6) is 0 Å². The third-order valence-electron chi connectivity index (χ3n) is 7.27. The quantitative estimate of drug-likeness (QED) is 0.230. The largest absolute Gasteiger partial charge is 0.0945 e. The fraction of sp³-hybridized carbons (Fsp3) is 0.562. The van der Waals surface area contributed by atoms with Gasteiger partial charge in [0, 0.05) is 16.5 Å². The molecule has 0 nitrogen and oxygen atoms in total. The Kier molecular flexibility index (Phi) is 11.4. The van der Waals surface area contributed by atoms with Gasteiger partial charge >= 0.3 is 0 Å². The minimum atomic E-state index is 0.520. The van der Waals surface area contributed by atoms with Crippen LogP contribution >= 0.6 is 11.6 Å². The van der Waals surface area contributed by atoms with Crippen LogP contribution in [0.1, 0.15) is 119 Å². The lowest BCUT2D eigenvalue weighted by molar-refractivity contribution is 0.384. The molecular formula is C32H43Cl. The first kappa shape index (κ1) is 25.9. The Morgan fingerprint density at radius 1 is 0.758 bits per heavy atom. The molecule has 3 rings (SSSR count). The van der Waals surface area contributed by atoms with Gasteiger partial charge in [0.2, 0.25) is 0 Å². The van der Waals surface area contributed by atoms with Crippen molar-refractivity contribution in [1.29, 1.82) is 0 Å². The molecule has 33 heavy (non-hydrogen) atoms. The second-order valence-corrected chi connectivity index (χ2v) is 10.4. The highest BCUT2D eigenvalue weighted by Crippen LogP contribution is 2.35. The first-order valence-electron chi connectivity index (χ1n) is 13.6. The van der Waals surface area contributed by atoms with Gasteiger partial charge in [0.1, 0.15) is 0 Å². The van der Waals surface area contributed by atoms with Crippen LogP contribution in [0, 0.1) is 17.8 Å². The molecule has 0 N–H and O–H groups in total. The molecule has 0 heterocycles. The Hall–Kier alpha value is -1.71. The van der Waals surface area contributed by atoms with E-state index in [0.717, 1.165) is 17.0 Å². The Bertz CT molecular complexity index is 875. The second kappa shape index (κ2) is 14.5. The molecule has 1 aliphatic carbocycles. The number of hydrogen-bond acceptors (Lipinski definition) is 0. The Morgan fingerprint density at radius 2 is 1.42 bits per heavy atom. The van der Waals surface area contributed by atoms with E-state index in [1.807, 2.05) is 0 Å². The molecule has 0 radical (unpaired) electrons. The number of unbranched alkanes of at least 4 members (excludes halogenated alkanes) is 6. The first-order valence-corrected chi connectivity index (χ1v) is 14.0. The molecule has 2 aromatic rings. The molecule has 0 aliphatic heterocycles. The van der Waals surface area contributed by atoms with Gasteiger partial charge in [-0.05, 0) is 86.1 Å². The minimum Gasteiger partial charge on any atom is -0.0945 e. The summed E-state index contributed by atoms with van der Waals surface area (Å²) in [4.78, 5) is 0. The summed E-state index contributed by atoms with van der Waals surface area (Å²) >= 11 is 6.54. The third kappa shape index (κ3) is 8.87. The van der Waals surface area contributed by atoms with Crippen molar-refractivity contribution in [3.05, 3.63) is 69.7 Å². The number of benzene rings is 2. The molecule has 0 saturated heterocycles. The van der Waals surface area contributed by atoms with Crippen molar-refractivity contribution in [1.82, 2.24) is 0 Å². The maximum atomic E-state index is 6.54. The van der Waals surface area contributed by atoms with Crippen LogP contribution in [0.2, 0.25) is 5.02 Å². The van der Waals surface area contributed by atoms with Crippen LogP contribution in [0.25, 0.3) is 0 Å². The third-order valence-corrected chi connectivity index (χ3v) is 7.62. The van der Waals surface area contributed by atoms with Crippen molar-refractivity contribution >= 4 is 11.6 Å². The summed E-state index contributed by atoms with van der Waals surface area (Å²) in [5.74, 6) is 8.19. The standard InChI is InChI=1S/C32H43Cl/c1-3-5-7-9-11-26-15-20-29(21-16-26)30-22-17-27(18-23-30)13-14-28-19-24-31(32(33)25-28)12-10-8-6-4-2/h15-16,19-21,24-25,27,30H,3-12,17-18,22-23H2,1-2H3/t27-,30-. The van der Waals surface area contributed by atoms with Gasteiger partial charge in [-0.25, -0.2) is 0 Å². The Balaban J connectivity index is 1.45. The molecule has 1 aliphatic rings. The highest BCUT2D eigenvalue weighted by atomic mass is 35.5. The fourth-order valence-corrected chi connectivity index (χ4v) is 5.31. The van der Waals surface area contributed by atoms with Crippen molar-refractivity contribution in [2.24, 2.45) is 5.92 Å². The van der Waals surface area contributed by atoms with E-state index in [2.05, 4.69) is 68.2 Å². The van der Waals surface area contributed by atoms with Crippen LogP contribution in [-0.2, 0) is 12.8 Å². The molecule has 1 fully saturated rings. The van der Waals surface area contributed by atoms with Crippen molar-refractivity contribution in [2.45, 2.75) is 110 Å². The average Bonchev–Trinajstić information content (AvgIpc) is 2.85. The zero-order valence-electron chi connectivity index (χ0n) is 21.0. The Morgan fingerprint density at radius 3 is 2.06 bits per heavy atom. The van der Waals surface area contributed by atoms with Gasteiger partial charge in [0.15, 0.2) is 0 Å². The van der Waals surface area contributed by atoms with E-state index >= 15 is 0 Å². The predicted octanol–water partition coefficient (Wildman–Crippen LogP) is 9.91. The summed E-state index contributed by atoms with van der Waals surface area (Å²) in [6.07, 6.45) is 17.7. The summed E-state index contributed by atoms with van der Waals surface area (Å²) < 4.78 is 0. The Labute approximate surface area is 208 Å². The molecular weight excluding hydrogens is 420 g/mol. The molecule has 1 heteroatoms. The first-order chi connectivity index (χ1) is 16.2. The van der Waals surface area contributed by atoms with Gasteiger partial charge in [0.05, 0.1) is 0 Å². The highest BCUT2D eigenvalue weighted by Gasteiger charge is 2.21. The summed E-state index contributed by atoms with van der Waals surface area (Å²) in [7, 11) is 0. The van der Waals surface area contributed by atoms with E-state index in [1.165, 1.54) is 100 Å². The van der Waals surface area contributed by atoms with E-state index in [1.54, 1.807) is 0 Å². The summed E-state index contributed by atoms with van der Waals surface area (Å²) in [5, 5.41) is 0.885. The van der Waals surface area contributed by atoms with Gasteiger partial charge < -0.3 is 0 Å². The van der Waals surface area contributed by atoms with E-state index in [0.29, 0.717) is 11.8 Å². The molecule has 0 aromatic heterocycles. The maximum absolute atomic E-state index is 6.54. The van der Waals surface area contributed by atoms with Crippen molar-refractivity contribution in [2.75, 3.05) is 0 Å². The van der Waals surface area contributed by atoms with Gasteiger partial charge in [0.25, 0.3) is 0 Å². The van der Waals surface area contributed by atoms with E-state index < -0.39 is 0 Å². The smallest absolute Gasteiger partial charge is 0.0450 e.